The lowest BCUT2D eigenvalue weighted by Crippen LogP contribution is -2.47. The maximum Gasteiger partial charge on any atom is 0.420 e. The molecule has 0 N–H and O–H groups in total. The number of amidine groups is 1. The third kappa shape index (κ3) is 5.66. The van der Waals surface area contributed by atoms with Crippen LogP contribution in [0.3, 0.4) is 0 Å². The van der Waals surface area contributed by atoms with Crippen molar-refractivity contribution in [1.82, 2.24) is 4.90 Å². The van der Waals surface area contributed by atoms with Gasteiger partial charge in [0.05, 0.1) is 34.3 Å². The summed E-state index contributed by atoms with van der Waals surface area (Å²) in [5, 5.41) is 9.41. The van der Waals surface area contributed by atoms with Crippen molar-refractivity contribution in [1.29, 1.82) is 5.26 Å². The van der Waals surface area contributed by atoms with Gasteiger partial charge in [0.15, 0.2) is 16.7 Å². The van der Waals surface area contributed by atoms with E-state index in [9.17, 15) is 22.4 Å². The summed E-state index contributed by atoms with van der Waals surface area (Å²) in [6, 6.07) is 8.05. The van der Waals surface area contributed by atoms with Crippen molar-refractivity contribution in [3.8, 4) is 17.6 Å². The number of amides is 1. The zero-order valence-electron chi connectivity index (χ0n) is 18.6. The molecular weight excluding hydrogens is 486 g/mol. The van der Waals surface area contributed by atoms with Crippen LogP contribution in [0.2, 0.25) is 0 Å². The fourth-order valence-corrected chi connectivity index (χ4v) is 4.67. The van der Waals surface area contributed by atoms with Crippen molar-refractivity contribution < 1.29 is 31.8 Å². The van der Waals surface area contributed by atoms with Crippen LogP contribution in [0.5, 0.6) is 11.5 Å². The lowest BCUT2D eigenvalue weighted by Gasteiger charge is -2.35. The number of morpholine rings is 1. The number of nitrogens with zero attached hydrogens (tertiary/aromatic N) is 3. The second kappa shape index (κ2) is 9.71. The van der Waals surface area contributed by atoms with Gasteiger partial charge in [0.25, 0.3) is 5.91 Å². The lowest BCUT2D eigenvalue weighted by molar-refractivity contribution is -0.138. The van der Waals surface area contributed by atoms with E-state index in [4.69, 9.17) is 14.7 Å². The second-order valence-electron chi connectivity index (χ2n) is 8.08. The fraction of sp³-hybridized carbons (Fsp3) is 0.292. The van der Waals surface area contributed by atoms with Crippen LogP contribution < -0.4 is 4.74 Å². The predicted octanol–water partition coefficient (Wildman–Crippen LogP) is 5.59. The average Bonchev–Trinajstić information content (AvgIpc) is 3.14. The minimum Gasteiger partial charge on any atom is -0.454 e. The molecule has 0 saturated carbocycles. The molecule has 182 valence electrons. The highest BCUT2D eigenvalue weighted by Crippen LogP contribution is 2.39. The number of carbonyl (C=O) groups excluding carboxylic acids is 1. The molecule has 4 rings (SSSR count). The third-order valence-corrected chi connectivity index (χ3v) is 6.23. The largest absolute Gasteiger partial charge is 0.454 e. The number of thioether (sulfide) groups is 1. The van der Waals surface area contributed by atoms with Crippen LogP contribution in [0.1, 0.15) is 30.5 Å². The summed E-state index contributed by atoms with van der Waals surface area (Å²) in [5.74, 6) is -2.43. The zero-order chi connectivity index (χ0) is 25.3. The van der Waals surface area contributed by atoms with Crippen molar-refractivity contribution in [3.63, 3.8) is 0 Å². The van der Waals surface area contributed by atoms with Gasteiger partial charge >= 0.3 is 6.18 Å². The SMILES string of the molecule is CC1CN(C2=NC(=O)C(=Cc3ccc(Oc4ccc(C#N)cc4C(F)(F)F)c(F)c3)S2)CC(C)O1. The molecule has 0 radical (unpaired) electrons. The maximum atomic E-state index is 14.7. The minimum absolute atomic E-state index is 0.0132. The van der Waals surface area contributed by atoms with Crippen molar-refractivity contribution in [3.05, 3.63) is 63.8 Å². The van der Waals surface area contributed by atoms with Gasteiger partial charge in [-0.2, -0.15) is 23.4 Å². The van der Waals surface area contributed by atoms with Gasteiger partial charge in [-0.25, -0.2) is 4.39 Å². The molecule has 2 atom stereocenters. The van der Waals surface area contributed by atoms with E-state index in [0.29, 0.717) is 34.8 Å². The highest BCUT2D eigenvalue weighted by atomic mass is 32.2. The van der Waals surface area contributed by atoms with E-state index in [1.54, 1.807) is 6.07 Å². The molecule has 0 aromatic heterocycles. The first kappa shape index (κ1) is 24.8. The van der Waals surface area contributed by atoms with Crippen LogP contribution in [0.25, 0.3) is 6.08 Å². The number of aliphatic imine (C=N–C) groups is 1. The monoisotopic (exact) mass is 505 g/mol. The van der Waals surface area contributed by atoms with Crippen LogP contribution in [0.15, 0.2) is 46.3 Å². The minimum atomic E-state index is -4.79. The number of benzene rings is 2. The van der Waals surface area contributed by atoms with Crippen LogP contribution in [-0.2, 0) is 15.7 Å². The molecule has 2 heterocycles. The predicted molar refractivity (Wildman–Crippen MR) is 122 cm³/mol. The Morgan fingerprint density at radius 2 is 1.86 bits per heavy atom. The molecule has 2 aliphatic heterocycles. The van der Waals surface area contributed by atoms with Gasteiger partial charge in [0.2, 0.25) is 0 Å². The molecular formula is C24H19F4N3O3S. The van der Waals surface area contributed by atoms with Gasteiger partial charge in [-0.05, 0) is 67.6 Å². The van der Waals surface area contributed by atoms with Gasteiger partial charge in [-0.1, -0.05) is 6.07 Å². The second-order valence-corrected chi connectivity index (χ2v) is 9.09. The molecule has 2 aromatic carbocycles. The Labute approximate surface area is 202 Å². The molecule has 1 saturated heterocycles. The first-order valence-corrected chi connectivity index (χ1v) is 11.4. The summed E-state index contributed by atoms with van der Waals surface area (Å²) >= 11 is 1.17. The smallest absolute Gasteiger partial charge is 0.420 e. The summed E-state index contributed by atoms with van der Waals surface area (Å²) in [6.45, 7) is 5.05. The standard InChI is InChI=1S/C24H19F4N3O3S/c1-13-11-31(12-14(2)33-13)23-30-22(32)21(35-23)9-15-3-6-20(18(25)8-15)34-19-5-4-16(10-29)7-17(19)24(26,27)28/h3-9,13-14H,11-12H2,1-2H3. The van der Waals surface area contributed by atoms with Crippen molar-refractivity contribution in [2.75, 3.05) is 13.1 Å². The van der Waals surface area contributed by atoms with E-state index in [-0.39, 0.29) is 17.8 Å². The van der Waals surface area contributed by atoms with E-state index < -0.39 is 35.0 Å². The summed E-state index contributed by atoms with van der Waals surface area (Å²) in [7, 11) is 0. The van der Waals surface area contributed by atoms with E-state index >= 15 is 0 Å². The van der Waals surface area contributed by atoms with Gasteiger partial charge < -0.3 is 14.4 Å². The van der Waals surface area contributed by atoms with Crippen molar-refractivity contribution in [2.24, 2.45) is 4.99 Å². The highest BCUT2D eigenvalue weighted by molar-refractivity contribution is 8.18. The molecule has 0 spiro atoms. The lowest BCUT2D eigenvalue weighted by atomic mass is 10.1. The summed E-state index contributed by atoms with van der Waals surface area (Å²) in [4.78, 5) is 18.8. The third-order valence-electron chi connectivity index (χ3n) is 5.19. The Morgan fingerprint density at radius 3 is 2.49 bits per heavy atom. The molecule has 35 heavy (non-hydrogen) atoms. The Balaban J connectivity index is 1.52. The number of hydrogen-bond donors (Lipinski definition) is 0. The Bertz CT molecular complexity index is 1260. The Hall–Kier alpha value is -3.36. The van der Waals surface area contributed by atoms with Gasteiger partial charge in [-0.3, -0.25) is 4.79 Å². The van der Waals surface area contributed by atoms with Crippen molar-refractivity contribution >= 4 is 28.9 Å². The van der Waals surface area contributed by atoms with Crippen LogP contribution in [-0.4, -0.2) is 41.3 Å². The van der Waals surface area contributed by atoms with Crippen LogP contribution in [0.4, 0.5) is 17.6 Å². The molecule has 0 aliphatic carbocycles. The summed E-state index contributed by atoms with van der Waals surface area (Å²) < 4.78 is 65.7. The first-order chi connectivity index (χ1) is 16.5. The normalized spacial score (nSPS) is 21.7. The van der Waals surface area contributed by atoms with E-state index in [2.05, 4.69) is 4.99 Å². The number of alkyl halides is 3. The molecule has 2 unspecified atom stereocenters. The quantitative estimate of drug-likeness (QED) is 0.400. The summed E-state index contributed by atoms with van der Waals surface area (Å²) in [5.41, 5.74) is -1.07. The molecule has 2 aliphatic rings. The molecule has 6 nitrogen and oxygen atoms in total. The van der Waals surface area contributed by atoms with Crippen LogP contribution in [0, 0.1) is 17.1 Å². The molecule has 1 fully saturated rings. The molecule has 0 bridgehead atoms. The van der Waals surface area contributed by atoms with Crippen LogP contribution >= 0.6 is 11.8 Å². The number of rotatable bonds is 3. The van der Waals surface area contributed by atoms with E-state index in [0.717, 1.165) is 18.2 Å². The van der Waals surface area contributed by atoms with E-state index in [1.165, 1.54) is 30.0 Å². The van der Waals surface area contributed by atoms with Gasteiger partial charge in [-0.15, -0.1) is 0 Å². The van der Waals surface area contributed by atoms with Gasteiger partial charge in [0, 0.05) is 13.1 Å². The maximum absolute atomic E-state index is 14.7. The number of halogens is 4. The number of carbonyl (C=O) groups is 1. The topological polar surface area (TPSA) is 74.9 Å². The zero-order valence-corrected chi connectivity index (χ0v) is 19.4. The highest BCUT2D eigenvalue weighted by Gasteiger charge is 2.35. The van der Waals surface area contributed by atoms with Gasteiger partial charge in [0.1, 0.15) is 5.75 Å². The number of ether oxygens (including phenoxy) is 2. The Kier molecular flexibility index (Phi) is 6.87. The average molecular weight is 505 g/mol. The van der Waals surface area contributed by atoms with E-state index in [1.807, 2.05) is 18.7 Å². The van der Waals surface area contributed by atoms with Crippen molar-refractivity contribution in [2.45, 2.75) is 32.2 Å². The molecule has 1 amide bonds. The first-order valence-electron chi connectivity index (χ1n) is 10.5. The number of nitriles is 1. The fourth-order valence-electron chi connectivity index (χ4n) is 3.74. The Morgan fingerprint density at radius 1 is 1.17 bits per heavy atom. The number of hydrogen-bond acceptors (Lipinski definition) is 6. The summed E-state index contributed by atoms with van der Waals surface area (Å²) in [6.07, 6.45) is -3.36. The molecule has 2 aromatic rings. The molecule has 11 heteroatoms.